The lowest BCUT2D eigenvalue weighted by Gasteiger charge is -2.30. The Kier molecular flexibility index (Phi) is 6.44. The van der Waals surface area contributed by atoms with Crippen LogP contribution in [0.3, 0.4) is 0 Å². The fourth-order valence-electron chi connectivity index (χ4n) is 3.97. The highest BCUT2D eigenvalue weighted by Crippen LogP contribution is 2.31. The van der Waals surface area contributed by atoms with Crippen molar-refractivity contribution in [3.8, 4) is 23.6 Å². The van der Waals surface area contributed by atoms with E-state index in [-0.39, 0.29) is 23.4 Å². The number of hydrogen-bond donors (Lipinski definition) is 1. The molecule has 1 N–H and O–H groups in total. The standard InChI is InChI=1S/C26H23N5O4/c27-15-21-26(35-25(30-21)22-7-4-14-33-22)31-12-10-19(11-13-31)24(32)29-20-8-9-23(28-16-20)34-17-18-5-2-1-3-6-18/h1-9,14,16,19H,10-13,17H2,(H,29,32). The summed E-state index contributed by atoms with van der Waals surface area (Å²) in [6.45, 7) is 1.58. The SMILES string of the molecule is N#Cc1nc(-c2ccco2)oc1N1CCC(C(=O)Nc2ccc(OCc3ccccc3)nc2)CC1. The van der Waals surface area contributed by atoms with E-state index in [1.807, 2.05) is 35.2 Å². The summed E-state index contributed by atoms with van der Waals surface area (Å²) in [5.41, 5.74) is 1.89. The van der Waals surface area contributed by atoms with Gasteiger partial charge < -0.3 is 23.8 Å². The highest BCUT2D eigenvalue weighted by atomic mass is 16.5. The van der Waals surface area contributed by atoms with Crippen molar-refractivity contribution in [2.45, 2.75) is 19.4 Å². The van der Waals surface area contributed by atoms with E-state index in [9.17, 15) is 10.1 Å². The van der Waals surface area contributed by atoms with Gasteiger partial charge in [-0.3, -0.25) is 4.79 Å². The van der Waals surface area contributed by atoms with E-state index in [1.54, 1.807) is 30.5 Å². The van der Waals surface area contributed by atoms with Gasteiger partial charge in [-0.15, -0.1) is 0 Å². The smallest absolute Gasteiger partial charge is 0.266 e. The second-order valence-corrected chi connectivity index (χ2v) is 8.17. The lowest BCUT2D eigenvalue weighted by molar-refractivity contribution is -0.120. The molecule has 0 unspecified atom stereocenters. The van der Waals surface area contributed by atoms with Crippen molar-refractivity contribution in [1.29, 1.82) is 5.26 Å². The number of carbonyl (C=O) groups excluding carboxylic acids is 1. The largest absolute Gasteiger partial charge is 0.473 e. The summed E-state index contributed by atoms with van der Waals surface area (Å²) in [6, 6.07) is 18.9. The van der Waals surface area contributed by atoms with E-state index in [2.05, 4.69) is 21.4 Å². The Morgan fingerprint density at radius 2 is 1.97 bits per heavy atom. The molecule has 5 rings (SSSR count). The van der Waals surface area contributed by atoms with Crippen LogP contribution in [0.5, 0.6) is 5.88 Å². The minimum absolute atomic E-state index is 0.0567. The van der Waals surface area contributed by atoms with Crippen LogP contribution in [-0.2, 0) is 11.4 Å². The first-order valence-corrected chi connectivity index (χ1v) is 11.3. The van der Waals surface area contributed by atoms with Crippen LogP contribution in [-0.4, -0.2) is 29.0 Å². The molecule has 0 atom stereocenters. The summed E-state index contributed by atoms with van der Waals surface area (Å²) in [6.07, 6.45) is 4.37. The third-order valence-electron chi connectivity index (χ3n) is 5.83. The molecule has 4 aromatic rings. The number of ether oxygens (including phenoxy) is 1. The molecule has 1 aliphatic rings. The van der Waals surface area contributed by atoms with E-state index in [4.69, 9.17) is 13.6 Å². The lowest BCUT2D eigenvalue weighted by Crippen LogP contribution is -2.38. The number of carbonyl (C=O) groups is 1. The first-order valence-electron chi connectivity index (χ1n) is 11.3. The Balaban J connectivity index is 1.14. The zero-order chi connectivity index (χ0) is 24.0. The average Bonchev–Trinajstić information content (AvgIpc) is 3.59. The normalized spacial score (nSPS) is 13.9. The van der Waals surface area contributed by atoms with Gasteiger partial charge in [-0.05, 0) is 36.6 Å². The van der Waals surface area contributed by atoms with Crippen molar-refractivity contribution in [2.24, 2.45) is 5.92 Å². The summed E-state index contributed by atoms with van der Waals surface area (Å²) in [7, 11) is 0. The molecule has 9 nitrogen and oxygen atoms in total. The molecule has 35 heavy (non-hydrogen) atoms. The maximum Gasteiger partial charge on any atom is 0.266 e. The van der Waals surface area contributed by atoms with Gasteiger partial charge >= 0.3 is 0 Å². The lowest BCUT2D eigenvalue weighted by atomic mass is 9.96. The van der Waals surface area contributed by atoms with Crippen molar-refractivity contribution in [3.05, 3.63) is 78.3 Å². The minimum atomic E-state index is -0.154. The van der Waals surface area contributed by atoms with Crippen molar-refractivity contribution in [2.75, 3.05) is 23.3 Å². The zero-order valence-electron chi connectivity index (χ0n) is 18.9. The highest BCUT2D eigenvalue weighted by molar-refractivity contribution is 5.92. The number of hydrogen-bond acceptors (Lipinski definition) is 8. The Morgan fingerprint density at radius 3 is 2.66 bits per heavy atom. The number of oxazole rings is 1. The van der Waals surface area contributed by atoms with Crippen molar-refractivity contribution in [1.82, 2.24) is 9.97 Å². The molecule has 176 valence electrons. The van der Waals surface area contributed by atoms with Gasteiger partial charge in [0, 0.05) is 25.1 Å². The van der Waals surface area contributed by atoms with Crippen LogP contribution in [0.15, 0.2) is 75.9 Å². The third kappa shape index (κ3) is 5.17. The molecule has 3 aromatic heterocycles. The van der Waals surface area contributed by atoms with Gasteiger partial charge in [0.25, 0.3) is 5.89 Å². The molecule has 1 amide bonds. The van der Waals surface area contributed by atoms with Crippen LogP contribution in [0.4, 0.5) is 11.6 Å². The number of aromatic nitrogens is 2. The van der Waals surface area contributed by atoms with Gasteiger partial charge in [-0.1, -0.05) is 30.3 Å². The molecular formula is C26H23N5O4. The summed E-state index contributed by atoms with van der Waals surface area (Å²) in [4.78, 5) is 23.3. The van der Waals surface area contributed by atoms with E-state index < -0.39 is 0 Å². The maximum absolute atomic E-state index is 12.8. The minimum Gasteiger partial charge on any atom is -0.473 e. The fraction of sp³-hybridized carbons (Fsp3) is 0.231. The van der Waals surface area contributed by atoms with Crippen molar-refractivity contribution < 1.29 is 18.4 Å². The van der Waals surface area contributed by atoms with Gasteiger partial charge in [0.05, 0.1) is 18.1 Å². The van der Waals surface area contributed by atoms with Gasteiger partial charge in [0.2, 0.25) is 23.4 Å². The van der Waals surface area contributed by atoms with Crippen LogP contribution in [0.2, 0.25) is 0 Å². The molecule has 0 aliphatic carbocycles. The average molecular weight is 470 g/mol. The number of piperidine rings is 1. The number of nitrogens with one attached hydrogen (secondary N) is 1. The third-order valence-corrected chi connectivity index (χ3v) is 5.83. The van der Waals surface area contributed by atoms with Crippen LogP contribution in [0, 0.1) is 17.2 Å². The molecule has 1 aliphatic heterocycles. The molecule has 0 radical (unpaired) electrons. The maximum atomic E-state index is 12.8. The van der Waals surface area contributed by atoms with Crippen molar-refractivity contribution in [3.63, 3.8) is 0 Å². The van der Waals surface area contributed by atoms with Gasteiger partial charge in [-0.2, -0.15) is 10.2 Å². The van der Waals surface area contributed by atoms with Crippen LogP contribution >= 0.6 is 0 Å². The Labute approximate surface area is 202 Å². The quantitative estimate of drug-likeness (QED) is 0.416. The van der Waals surface area contributed by atoms with E-state index in [1.165, 1.54) is 6.26 Å². The molecular weight excluding hydrogens is 446 g/mol. The number of nitrogens with zero attached hydrogens (tertiary/aromatic N) is 4. The molecule has 1 fully saturated rings. The van der Waals surface area contributed by atoms with Crippen LogP contribution < -0.4 is 15.0 Å². The van der Waals surface area contributed by atoms with Crippen LogP contribution in [0.1, 0.15) is 24.1 Å². The molecule has 1 saturated heterocycles. The topological polar surface area (TPSA) is 117 Å². The predicted molar refractivity (Wildman–Crippen MR) is 127 cm³/mol. The molecule has 0 spiro atoms. The molecule has 0 saturated carbocycles. The van der Waals surface area contributed by atoms with E-state index in [0.29, 0.717) is 55.7 Å². The number of nitriles is 1. The number of pyridine rings is 1. The monoisotopic (exact) mass is 469 g/mol. The summed E-state index contributed by atoms with van der Waals surface area (Å²) >= 11 is 0. The van der Waals surface area contributed by atoms with Crippen LogP contribution in [0.25, 0.3) is 11.7 Å². The highest BCUT2D eigenvalue weighted by Gasteiger charge is 2.29. The molecule has 1 aromatic carbocycles. The second kappa shape index (κ2) is 10.1. The second-order valence-electron chi connectivity index (χ2n) is 8.17. The molecule has 0 bridgehead atoms. The van der Waals surface area contributed by atoms with Gasteiger partial charge in [-0.25, -0.2) is 4.98 Å². The van der Waals surface area contributed by atoms with Gasteiger partial charge in [0.1, 0.15) is 12.7 Å². The number of rotatable bonds is 7. The first-order chi connectivity index (χ1) is 17.2. The van der Waals surface area contributed by atoms with Gasteiger partial charge in [0.15, 0.2) is 5.76 Å². The number of anilines is 2. The Hall–Kier alpha value is -4.58. The fourth-order valence-corrected chi connectivity index (χ4v) is 3.97. The summed E-state index contributed by atoms with van der Waals surface area (Å²) < 4.78 is 16.8. The summed E-state index contributed by atoms with van der Waals surface area (Å²) in [5.74, 6) is 1.43. The zero-order valence-corrected chi connectivity index (χ0v) is 18.9. The number of benzene rings is 1. The number of furan rings is 1. The number of amides is 1. The van der Waals surface area contributed by atoms with E-state index >= 15 is 0 Å². The molecule has 9 heteroatoms. The Bertz CT molecular complexity index is 1300. The van der Waals surface area contributed by atoms with E-state index in [0.717, 1.165) is 5.56 Å². The predicted octanol–water partition coefficient (Wildman–Crippen LogP) is 4.64. The molecule has 4 heterocycles. The van der Waals surface area contributed by atoms with Crippen molar-refractivity contribution >= 4 is 17.5 Å². The first kappa shape index (κ1) is 22.2. The Morgan fingerprint density at radius 1 is 1.14 bits per heavy atom. The summed E-state index contributed by atoms with van der Waals surface area (Å²) in [5, 5.41) is 12.4.